The van der Waals surface area contributed by atoms with Crippen LogP contribution in [-0.4, -0.2) is 28.7 Å². The van der Waals surface area contributed by atoms with E-state index in [1.54, 1.807) is 13.0 Å². The number of ketones is 1. The van der Waals surface area contributed by atoms with Crippen molar-refractivity contribution >= 4 is 35.1 Å². The number of alkyl halides is 1. The number of hydrogen-bond donors (Lipinski definition) is 0. The zero-order valence-electron chi connectivity index (χ0n) is 11.5. The quantitative estimate of drug-likeness (QED) is 0.153. The first-order chi connectivity index (χ1) is 9.85. The van der Waals surface area contributed by atoms with Crippen LogP contribution in [0.25, 0.3) is 6.08 Å². The molecule has 0 fully saturated rings. The van der Waals surface area contributed by atoms with Gasteiger partial charge in [-0.15, -0.1) is 11.6 Å². The molecule has 1 atom stereocenters. The predicted molar refractivity (Wildman–Crippen MR) is 78.0 cm³/mol. The Kier molecular flexibility index (Phi) is 6.05. The number of esters is 1. The zero-order chi connectivity index (χ0) is 16.0. The number of benzene rings is 1. The molecule has 0 N–H and O–H groups in total. The Labute approximate surface area is 126 Å². The van der Waals surface area contributed by atoms with Gasteiger partial charge in [-0.25, -0.2) is 4.79 Å². The second kappa shape index (κ2) is 7.54. The molecule has 21 heavy (non-hydrogen) atoms. The number of non-ortho nitro benzene ring substituents is 1. The third-order valence-electron chi connectivity index (χ3n) is 2.52. The lowest BCUT2D eigenvalue weighted by atomic mass is 10.1. The number of ether oxygens (including phenoxy) is 1. The van der Waals surface area contributed by atoms with Crippen molar-refractivity contribution in [2.45, 2.75) is 20.0 Å². The molecule has 0 aliphatic heterocycles. The third kappa shape index (κ3) is 5.00. The number of nitro groups is 1. The monoisotopic (exact) mass is 311 g/mol. The minimum Gasteiger partial charge on any atom is -0.458 e. The number of Topliss-reactive ketones (excluding diaryl/α,β-unsaturated/α-hetero) is 1. The fourth-order valence-electron chi connectivity index (χ4n) is 1.48. The highest BCUT2D eigenvalue weighted by atomic mass is 35.5. The SMILES string of the molecule is CC(=O)/C(=C\c1cccc([N+](=O)[O-])c1)C(=O)OC(C)CCl. The number of carbonyl (C=O) groups excluding carboxylic acids is 2. The summed E-state index contributed by atoms with van der Waals surface area (Å²) in [5, 5.41) is 10.7. The summed E-state index contributed by atoms with van der Waals surface area (Å²) in [7, 11) is 0. The first kappa shape index (κ1) is 16.8. The van der Waals surface area contributed by atoms with Crippen LogP contribution in [0.2, 0.25) is 0 Å². The van der Waals surface area contributed by atoms with E-state index < -0.39 is 22.8 Å². The van der Waals surface area contributed by atoms with Crippen LogP contribution >= 0.6 is 11.6 Å². The summed E-state index contributed by atoms with van der Waals surface area (Å²) in [5.41, 5.74) is 0.0477. The second-order valence-electron chi connectivity index (χ2n) is 4.34. The van der Waals surface area contributed by atoms with Gasteiger partial charge in [-0.3, -0.25) is 14.9 Å². The highest BCUT2D eigenvalue weighted by Crippen LogP contribution is 2.17. The lowest BCUT2D eigenvalue weighted by Crippen LogP contribution is -2.20. The van der Waals surface area contributed by atoms with E-state index in [-0.39, 0.29) is 17.1 Å². The molecule has 1 unspecified atom stereocenters. The van der Waals surface area contributed by atoms with E-state index in [9.17, 15) is 19.7 Å². The van der Waals surface area contributed by atoms with Gasteiger partial charge in [0.2, 0.25) is 0 Å². The Hall–Kier alpha value is -2.21. The molecule has 0 amide bonds. The number of nitro benzene ring substituents is 1. The van der Waals surface area contributed by atoms with Gasteiger partial charge in [0.15, 0.2) is 5.78 Å². The fourth-order valence-corrected chi connectivity index (χ4v) is 1.54. The van der Waals surface area contributed by atoms with Gasteiger partial charge in [-0.05, 0) is 25.5 Å². The number of hydrogen-bond acceptors (Lipinski definition) is 5. The van der Waals surface area contributed by atoms with Crippen LogP contribution in [0.5, 0.6) is 0 Å². The smallest absolute Gasteiger partial charge is 0.342 e. The molecule has 0 heterocycles. The van der Waals surface area contributed by atoms with E-state index in [0.717, 1.165) is 0 Å². The van der Waals surface area contributed by atoms with Gasteiger partial charge < -0.3 is 4.74 Å². The van der Waals surface area contributed by atoms with Crippen LogP contribution < -0.4 is 0 Å². The van der Waals surface area contributed by atoms with Crippen LogP contribution in [0.4, 0.5) is 5.69 Å². The van der Waals surface area contributed by atoms with Crippen molar-refractivity contribution in [3.8, 4) is 0 Å². The standard InChI is InChI=1S/C14H14ClNO5/c1-9(8-15)21-14(18)13(10(2)17)7-11-4-3-5-12(6-11)16(19)20/h3-7,9H,8H2,1-2H3/b13-7+. The number of nitrogens with zero attached hydrogens (tertiary/aromatic N) is 1. The minimum absolute atomic E-state index is 0.105. The van der Waals surface area contributed by atoms with Crippen LogP contribution in [0.3, 0.4) is 0 Å². The highest BCUT2D eigenvalue weighted by molar-refractivity contribution is 6.20. The lowest BCUT2D eigenvalue weighted by molar-refractivity contribution is -0.384. The largest absolute Gasteiger partial charge is 0.458 e. The van der Waals surface area contributed by atoms with Crippen LogP contribution in [0.1, 0.15) is 19.4 Å². The Bertz CT molecular complexity index is 597. The van der Waals surface area contributed by atoms with Crippen molar-refractivity contribution in [1.29, 1.82) is 0 Å². The second-order valence-corrected chi connectivity index (χ2v) is 4.65. The summed E-state index contributed by atoms with van der Waals surface area (Å²) < 4.78 is 4.98. The molecule has 0 aliphatic carbocycles. The van der Waals surface area contributed by atoms with E-state index in [2.05, 4.69) is 0 Å². The summed E-state index contributed by atoms with van der Waals surface area (Å²) in [6.07, 6.45) is 0.727. The molecule has 0 saturated carbocycles. The average Bonchev–Trinajstić information content (AvgIpc) is 2.44. The normalized spacial score (nSPS) is 12.6. The summed E-state index contributed by atoms with van der Waals surface area (Å²) >= 11 is 5.54. The molecule has 0 saturated heterocycles. The van der Waals surface area contributed by atoms with Crippen molar-refractivity contribution < 1.29 is 19.2 Å². The van der Waals surface area contributed by atoms with Gasteiger partial charge in [0, 0.05) is 12.1 Å². The van der Waals surface area contributed by atoms with E-state index in [0.29, 0.717) is 5.56 Å². The number of carbonyl (C=O) groups is 2. The van der Waals surface area contributed by atoms with Gasteiger partial charge >= 0.3 is 5.97 Å². The molecule has 0 bridgehead atoms. The summed E-state index contributed by atoms with van der Waals surface area (Å²) in [4.78, 5) is 33.6. The molecule has 1 aromatic rings. The van der Waals surface area contributed by atoms with Crippen LogP contribution in [0.15, 0.2) is 29.8 Å². The van der Waals surface area contributed by atoms with E-state index in [1.165, 1.54) is 31.2 Å². The first-order valence-corrected chi connectivity index (χ1v) is 6.62. The van der Waals surface area contributed by atoms with Crippen molar-refractivity contribution in [2.75, 3.05) is 5.88 Å². The molecular formula is C14H14ClNO5. The maximum absolute atomic E-state index is 11.9. The molecular weight excluding hydrogens is 298 g/mol. The molecule has 0 radical (unpaired) electrons. The molecule has 1 rings (SSSR count). The fraction of sp³-hybridized carbons (Fsp3) is 0.286. The van der Waals surface area contributed by atoms with Gasteiger partial charge in [0.1, 0.15) is 11.7 Å². The highest BCUT2D eigenvalue weighted by Gasteiger charge is 2.19. The van der Waals surface area contributed by atoms with E-state index >= 15 is 0 Å². The average molecular weight is 312 g/mol. The molecule has 112 valence electrons. The van der Waals surface area contributed by atoms with Gasteiger partial charge in [0.25, 0.3) is 5.69 Å². The summed E-state index contributed by atoms with van der Waals surface area (Å²) in [6.45, 7) is 2.81. The van der Waals surface area contributed by atoms with Crippen molar-refractivity contribution in [2.24, 2.45) is 0 Å². The zero-order valence-corrected chi connectivity index (χ0v) is 12.3. The number of rotatable bonds is 6. The van der Waals surface area contributed by atoms with Gasteiger partial charge in [-0.2, -0.15) is 0 Å². The topological polar surface area (TPSA) is 86.5 Å². The summed E-state index contributed by atoms with van der Waals surface area (Å²) in [6, 6.07) is 5.60. The predicted octanol–water partition coefficient (Wildman–Crippen LogP) is 2.74. The van der Waals surface area contributed by atoms with Crippen molar-refractivity contribution in [3.63, 3.8) is 0 Å². The first-order valence-electron chi connectivity index (χ1n) is 6.09. The Morgan fingerprint density at radius 3 is 2.67 bits per heavy atom. The lowest BCUT2D eigenvalue weighted by Gasteiger charge is -2.10. The van der Waals surface area contributed by atoms with Crippen LogP contribution in [-0.2, 0) is 14.3 Å². The van der Waals surface area contributed by atoms with Crippen molar-refractivity contribution in [3.05, 3.63) is 45.5 Å². The maximum atomic E-state index is 11.9. The molecule has 0 spiro atoms. The Morgan fingerprint density at radius 2 is 2.14 bits per heavy atom. The minimum atomic E-state index is -0.804. The third-order valence-corrected chi connectivity index (χ3v) is 2.95. The molecule has 1 aromatic carbocycles. The maximum Gasteiger partial charge on any atom is 0.342 e. The number of halogens is 1. The molecule has 0 aromatic heterocycles. The van der Waals surface area contributed by atoms with E-state index in [4.69, 9.17) is 16.3 Å². The molecule has 0 aliphatic rings. The van der Waals surface area contributed by atoms with Crippen molar-refractivity contribution in [1.82, 2.24) is 0 Å². The molecule has 6 nitrogen and oxygen atoms in total. The van der Waals surface area contributed by atoms with Gasteiger partial charge in [-0.1, -0.05) is 12.1 Å². The van der Waals surface area contributed by atoms with Gasteiger partial charge in [0.05, 0.1) is 10.8 Å². The Balaban J connectivity index is 3.10. The van der Waals surface area contributed by atoms with E-state index in [1.807, 2.05) is 0 Å². The molecule has 7 heteroatoms. The Morgan fingerprint density at radius 1 is 1.48 bits per heavy atom. The van der Waals surface area contributed by atoms with Crippen LogP contribution in [0, 0.1) is 10.1 Å². The summed E-state index contributed by atoms with van der Waals surface area (Å²) in [5.74, 6) is -1.19.